The van der Waals surface area contributed by atoms with Crippen LogP contribution in [0.15, 0.2) is 18.5 Å². The molecule has 1 aromatic rings. The first kappa shape index (κ1) is 14.5. The molecule has 1 aromatic heterocycles. The molecule has 0 unspecified atom stereocenters. The average molecular weight is 289 g/mol. The number of morpholine rings is 1. The highest BCUT2D eigenvalue weighted by molar-refractivity contribution is 5.95. The number of ether oxygens (including phenoxy) is 1. The van der Waals surface area contributed by atoms with E-state index in [0.29, 0.717) is 6.04 Å². The highest BCUT2D eigenvalue weighted by Crippen LogP contribution is 2.23. The Labute approximate surface area is 125 Å². The summed E-state index contributed by atoms with van der Waals surface area (Å²) >= 11 is 0. The normalized spacial score (nSPS) is 26.5. The van der Waals surface area contributed by atoms with Gasteiger partial charge in [-0.25, -0.2) is 0 Å². The fourth-order valence-corrected chi connectivity index (χ4v) is 3.31. The van der Waals surface area contributed by atoms with Crippen molar-refractivity contribution in [2.75, 3.05) is 33.3 Å². The Morgan fingerprint density at radius 1 is 1.48 bits per heavy atom. The second-order valence-electron chi connectivity index (χ2n) is 5.88. The fraction of sp³-hybridized carbons (Fsp3) is 0.625. The van der Waals surface area contributed by atoms with Crippen LogP contribution in [0.3, 0.4) is 0 Å². The number of piperidine rings is 1. The molecule has 5 heteroatoms. The first-order chi connectivity index (χ1) is 10.2. The van der Waals surface area contributed by atoms with Gasteiger partial charge >= 0.3 is 0 Å². The van der Waals surface area contributed by atoms with Crippen LogP contribution in [0.25, 0.3) is 0 Å². The predicted molar refractivity (Wildman–Crippen MR) is 80.3 cm³/mol. The lowest BCUT2D eigenvalue weighted by Gasteiger charge is -2.45. The summed E-state index contributed by atoms with van der Waals surface area (Å²) < 4.78 is 5.84. The summed E-state index contributed by atoms with van der Waals surface area (Å²) in [5, 5.41) is 0. The first-order valence-corrected chi connectivity index (χ1v) is 7.74. The van der Waals surface area contributed by atoms with E-state index < -0.39 is 0 Å². The summed E-state index contributed by atoms with van der Waals surface area (Å²) in [6.45, 7) is 5.34. The van der Waals surface area contributed by atoms with Crippen molar-refractivity contribution in [3.8, 4) is 0 Å². The van der Waals surface area contributed by atoms with Gasteiger partial charge in [-0.2, -0.15) is 0 Å². The van der Waals surface area contributed by atoms with Crippen LogP contribution in [0.5, 0.6) is 0 Å². The number of carbonyl (C=O) groups is 1. The molecule has 5 nitrogen and oxygen atoms in total. The molecule has 0 spiro atoms. The largest absolute Gasteiger partial charge is 0.375 e. The van der Waals surface area contributed by atoms with E-state index in [-0.39, 0.29) is 12.0 Å². The highest BCUT2D eigenvalue weighted by atomic mass is 16.5. The van der Waals surface area contributed by atoms with Crippen molar-refractivity contribution in [1.29, 1.82) is 0 Å². The lowest BCUT2D eigenvalue weighted by atomic mass is 9.97. The molecular weight excluding hydrogens is 266 g/mol. The van der Waals surface area contributed by atoms with Gasteiger partial charge in [0.15, 0.2) is 0 Å². The fourth-order valence-electron chi connectivity index (χ4n) is 3.31. The van der Waals surface area contributed by atoms with Crippen molar-refractivity contribution >= 4 is 5.91 Å². The molecular formula is C16H23N3O2. The van der Waals surface area contributed by atoms with Gasteiger partial charge in [-0.15, -0.1) is 0 Å². The van der Waals surface area contributed by atoms with Crippen LogP contribution in [-0.4, -0.2) is 66.1 Å². The van der Waals surface area contributed by atoms with E-state index in [1.807, 2.05) is 11.0 Å². The smallest absolute Gasteiger partial charge is 0.254 e. The van der Waals surface area contributed by atoms with Gasteiger partial charge in [0.05, 0.1) is 18.8 Å². The predicted octanol–water partition coefficient (Wildman–Crippen LogP) is 1.19. The van der Waals surface area contributed by atoms with Gasteiger partial charge in [0.25, 0.3) is 5.91 Å². The van der Waals surface area contributed by atoms with Gasteiger partial charge in [-0.3, -0.25) is 14.7 Å². The summed E-state index contributed by atoms with van der Waals surface area (Å²) in [7, 11) is 2.12. The Kier molecular flexibility index (Phi) is 4.22. The molecule has 0 aliphatic carbocycles. The van der Waals surface area contributed by atoms with Crippen LogP contribution in [0.4, 0.5) is 0 Å². The lowest BCUT2D eigenvalue weighted by Crippen LogP contribution is -2.59. The van der Waals surface area contributed by atoms with Crippen molar-refractivity contribution in [2.45, 2.75) is 31.9 Å². The Hall–Kier alpha value is -1.46. The molecule has 21 heavy (non-hydrogen) atoms. The molecule has 1 amide bonds. The Balaban J connectivity index is 1.76. The van der Waals surface area contributed by atoms with E-state index in [2.05, 4.69) is 23.9 Å². The Bertz CT molecular complexity index is 520. The topological polar surface area (TPSA) is 45.7 Å². The monoisotopic (exact) mass is 289 g/mol. The molecule has 2 atom stereocenters. The van der Waals surface area contributed by atoms with Crippen molar-refractivity contribution in [2.24, 2.45) is 0 Å². The van der Waals surface area contributed by atoms with Crippen LogP contribution in [0.2, 0.25) is 0 Å². The van der Waals surface area contributed by atoms with Gasteiger partial charge in [-0.1, -0.05) is 6.92 Å². The van der Waals surface area contributed by atoms with E-state index in [1.165, 1.54) is 0 Å². The number of fused-ring (bicyclic) bond motifs is 1. The third-order valence-electron chi connectivity index (χ3n) is 4.66. The zero-order valence-corrected chi connectivity index (χ0v) is 12.8. The molecule has 2 aliphatic heterocycles. The van der Waals surface area contributed by atoms with Crippen LogP contribution >= 0.6 is 0 Å². The molecule has 3 rings (SSSR count). The maximum atomic E-state index is 12.8. The van der Waals surface area contributed by atoms with E-state index in [0.717, 1.165) is 50.2 Å². The third-order valence-corrected chi connectivity index (χ3v) is 4.66. The van der Waals surface area contributed by atoms with Crippen LogP contribution in [-0.2, 0) is 11.2 Å². The van der Waals surface area contributed by atoms with E-state index in [4.69, 9.17) is 4.74 Å². The molecule has 3 heterocycles. The number of pyridine rings is 1. The Morgan fingerprint density at radius 3 is 3.14 bits per heavy atom. The molecule has 0 bridgehead atoms. The minimum absolute atomic E-state index is 0.131. The van der Waals surface area contributed by atoms with Crippen molar-refractivity contribution in [3.63, 3.8) is 0 Å². The molecule has 114 valence electrons. The number of nitrogens with zero attached hydrogens (tertiary/aromatic N) is 3. The summed E-state index contributed by atoms with van der Waals surface area (Å²) in [5.74, 6) is 0.131. The van der Waals surface area contributed by atoms with Crippen molar-refractivity contribution in [3.05, 3.63) is 29.6 Å². The number of amides is 1. The van der Waals surface area contributed by atoms with E-state index >= 15 is 0 Å². The van der Waals surface area contributed by atoms with Crippen LogP contribution in [0, 0.1) is 0 Å². The number of hydrogen-bond donors (Lipinski definition) is 0. The number of likely N-dealkylation sites (tertiary alicyclic amines) is 1. The SMILES string of the molecule is CCc1cnccc1C(=O)N1CC[C@H]2OCCN(C)[C@@H]2C1. The second kappa shape index (κ2) is 6.12. The maximum absolute atomic E-state index is 12.8. The van der Waals surface area contributed by atoms with Crippen molar-refractivity contribution in [1.82, 2.24) is 14.8 Å². The summed E-state index contributed by atoms with van der Waals surface area (Å²) in [6.07, 6.45) is 5.53. The quantitative estimate of drug-likeness (QED) is 0.820. The van der Waals surface area contributed by atoms with Gasteiger partial charge < -0.3 is 9.64 Å². The number of hydrogen-bond acceptors (Lipinski definition) is 4. The first-order valence-electron chi connectivity index (χ1n) is 7.74. The molecule has 0 saturated carbocycles. The minimum Gasteiger partial charge on any atom is -0.375 e. The van der Waals surface area contributed by atoms with Gasteiger partial charge in [0, 0.05) is 37.6 Å². The molecule has 0 aromatic carbocycles. The molecule has 2 fully saturated rings. The molecule has 0 radical (unpaired) electrons. The molecule has 2 aliphatic rings. The number of likely N-dealkylation sites (N-methyl/N-ethyl adjacent to an activating group) is 1. The number of aromatic nitrogens is 1. The van der Waals surface area contributed by atoms with Gasteiger partial charge in [-0.05, 0) is 31.5 Å². The third kappa shape index (κ3) is 2.80. The summed E-state index contributed by atoms with van der Waals surface area (Å²) in [6, 6.07) is 2.16. The summed E-state index contributed by atoms with van der Waals surface area (Å²) in [5.41, 5.74) is 1.82. The van der Waals surface area contributed by atoms with E-state index in [1.54, 1.807) is 12.4 Å². The number of aryl methyl sites for hydroxylation is 1. The highest BCUT2D eigenvalue weighted by Gasteiger charge is 2.37. The standard InChI is InChI=1S/C16H23N3O2/c1-3-12-10-17-6-4-13(12)16(20)19-7-5-15-14(11-19)18(2)8-9-21-15/h4,6,10,14-15H,3,5,7-9,11H2,1-2H3/t14-,15-/m1/s1. The Morgan fingerprint density at radius 2 is 2.33 bits per heavy atom. The summed E-state index contributed by atoms with van der Waals surface area (Å²) in [4.78, 5) is 21.2. The maximum Gasteiger partial charge on any atom is 0.254 e. The van der Waals surface area contributed by atoms with Gasteiger partial charge in [0.2, 0.25) is 0 Å². The molecule has 0 N–H and O–H groups in total. The molecule has 2 saturated heterocycles. The second-order valence-corrected chi connectivity index (χ2v) is 5.88. The zero-order chi connectivity index (χ0) is 14.8. The zero-order valence-electron chi connectivity index (χ0n) is 12.8. The number of carbonyl (C=O) groups excluding carboxylic acids is 1. The van der Waals surface area contributed by atoms with Gasteiger partial charge in [0.1, 0.15) is 0 Å². The number of rotatable bonds is 2. The van der Waals surface area contributed by atoms with Crippen LogP contribution in [0.1, 0.15) is 29.3 Å². The van der Waals surface area contributed by atoms with E-state index in [9.17, 15) is 4.79 Å². The lowest BCUT2D eigenvalue weighted by molar-refractivity contribution is -0.0893. The van der Waals surface area contributed by atoms with Crippen LogP contribution < -0.4 is 0 Å². The average Bonchev–Trinajstić information content (AvgIpc) is 2.54. The minimum atomic E-state index is 0.131. The van der Waals surface area contributed by atoms with Crippen molar-refractivity contribution < 1.29 is 9.53 Å².